The van der Waals surface area contributed by atoms with Crippen molar-refractivity contribution in [2.45, 2.75) is 83.7 Å². The zero-order valence-electron chi connectivity index (χ0n) is 11.6. The molecule has 1 heteroatoms. The highest BCUT2D eigenvalue weighted by molar-refractivity contribution is 5.22. The van der Waals surface area contributed by atoms with Crippen molar-refractivity contribution in [3.8, 4) is 0 Å². The number of aliphatic hydroxyl groups is 1. The lowest BCUT2D eigenvalue weighted by molar-refractivity contribution is -0.0687. The molecule has 0 radical (unpaired) electrons. The van der Waals surface area contributed by atoms with Crippen molar-refractivity contribution in [1.82, 2.24) is 0 Å². The van der Waals surface area contributed by atoms with Gasteiger partial charge >= 0.3 is 0 Å². The van der Waals surface area contributed by atoms with Crippen molar-refractivity contribution >= 4 is 0 Å². The molecule has 1 nitrogen and oxygen atoms in total. The molecule has 0 bridgehead atoms. The van der Waals surface area contributed by atoms with Gasteiger partial charge in [-0.25, -0.2) is 0 Å². The van der Waals surface area contributed by atoms with Crippen LogP contribution in [0.3, 0.4) is 0 Å². The number of hydrogen-bond acceptors (Lipinski definition) is 1. The highest BCUT2D eigenvalue weighted by atomic mass is 16.3. The minimum Gasteiger partial charge on any atom is -0.385 e. The Morgan fingerprint density at radius 1 is 0.941 bits per heavy atom. The summed E-state index contributed by atoms with van der Waals surface area (Å²) >= 11 is 0. The summed E-state index contributed by atoms with van der Waals surface area (Å²) in [7, 11) is 0. The van der Waals surface area contributed by atoms with Gasteiger partial charge in [-0.3, -0.25) is 0 Å². The molecule has 2 aliphatic carbocycles. The molecule has 0 heterocycles. The van der Waals surface area contributed by atoms with Crippen LogP contribution in [0.25, 0.3) is 0 Å². The van der Waals surface area contributed by atoms with Crippen LogP contribution in [0.15, 0.2) is 11.6 Å². The van der Waals surface area contributed by atoms with Crippen LogP contribution in [0, 0.1) is 5.41 Å². The lowest BCUT2D eigenvalue weighted by Crippen LogP contribution is -2.48. The lowest BCUT2D eigenvalue weighted by atomic mass is 9.61. The Labute approximate surface area is 106 Å². The van der Waals surface area contributed by atoms with Gasteiger partial charge in [0.15, 0.2) is 0 Å². The van der Waals surface area contributed by atoms with E-state index in [1.165, 1.54) is 56.9 Å². The van der Waals surface area contributed by atoms with E-state index in [1.807, 2.05) is 0 Å². The van der Waals surface area contributed by atoms with Gasteiger partial charge in [0.1, 0.15) is 0 Å². The Bertz CT molecular complexity index is 290. The third kappa shape index (κ3) is 2.59. The predicted octanol–water partition coefficient (Wildman–Crippen LogP) is 4.60. The molecular formula is C16H28O. The minimum atomic E-state index is -0.511. The average Bonchev–Trinajstić information content (AvgIpc) is 2.22. The monoisotopic (exact) mass is 236 g/mol. The van der Waals surface area contributed by atoms with Gasteiger partial charge in [0.25, 0.3) is 0 Å². The van der Waals surface area contributed by atoms with E-state index in [2.05, 4.69) is 19.9 Å². The van der Waals surface area contributed by atoms with Crippen LogP contribution in [0.5, 0.6) is 0 Å². The van der Waals surface area contributed by atoms with E-state index in [0.29, 0.717) is 0 Å². The molecule has 0 saturated heterocycles. The molecule has 2 aliphatic rings. The molecule has 1 fully saturated rings. The van der Waals surface area contributed by atoms with Gasteiger partial charge in [0, 0.05) is 0 Å². The second-order valence-corrected chi connectivity index (χ2v) is 6.63. The molecule has 0 aromatic heterocycles. The lowest BCUT2D eigenvalue weighted by Gasteiger charge is -2.48. The van der Waals surface area contributed by atoms with Crippen molar-refractivity contribution < 1.29 is 5.11 Å². The number of allylic oxidation sites excluding steroid dienone is 1. The Kier molecular flexibility index (Phi) is 3.97. The van der Waals surface area contributed by atoms with E-state index in [0.717, 1.165) is 12.8 Å². The molecule has 0 aromatic carbocycles. The third-order valence-electron chi connectivity index (χ3n) is 5.03. The second kappa shape index (κ2) is 5.14. The summed E-state index contributed by atoms with van der Waals surface area (Å²) in [6.07, 6.45) is 14.6. The smallest absolute Gasteiger partial charge is 0.0907 e. The molecule has 0 aromatic rings. The molecule has 1 N–H and O–H groups in total. The van der Waals surface area contributed by atoms with Crippen LogP contribution >= 0.6 is 0 Å². The van der Waals surface area contributed by atoms with Crippen molar-refractivity contribution in [3.63, 3.8) is 0 Å². The van der Waals surface area contributed by atoms with E-state index in [9.17, 15) is 5.11 Å². The van der Waals surface area contributed by atoms with Gasteiger partial charge in [0.2, 0.25) is 0 Å². The summed E-state index contributed by atoms with van der Waals surface area (Å²) in [4.78, 5) is 0. The highest BCUT2D eigenvalue weighted by Gasteiger charge is 2.47. The van der Waals surface area contributed by atoms with Gasteiger partial charge in [-0.2, -0.15) is 0 Å². The first-order valence-corrected chi connectivity index (χ1v) is 7.48. The Morgan fingerprint density at radius 2 is 1.65 bits per heavy atom. The SMILES string of the molecule is CC1(C)CCCCC1(O)C1=CCCCCCC1. The summed E-state index contributed by atoms with van der Waals surface area (Å²) in [5.74, 6) is 0. The van der Waals surface area contributed by atoms with Crippen molar-refractivity contribution in [1.29, 1.82) is 0 Å². The Hall–Kier alpha value is -0.300. The van der Waals surface area contributed by atoms with Crippen molar-refractivity contribution in [2.75, 3.05) is 0 Å². The summed E-state index contributed by atoms with van der Waals surface area (Å²) < 4.78 is 0. The largest absolute Gasteiger partial charge is 0.385 e. The maximum absolute atomic E-state index is 11.2. The Morgan fingerprint density at radius 3 is 2.41 bits per heavy atom. The van der Waals surface area contributed by atoms with Crippen LogP contribution in [0.1, 0.15) is 78.1 Å². The van der Waals surface area contributed by atoms with Crippen LogP contribution in [0.2, 0.25) is 0 Å². The fraction of sp³-hybridized carbons (Fsp3) is 0.875. The molecule has 17 heavy (non-hydrogen) atoms. The molecule has 98 valence electrons. The molecule has 0 aliphatic heterocycles. The molecule has 1 atom stereocenters. The van der Waals surface area contributed by atoms with Crippen molar-refractivity contribution in [3.05, 3.63) is 11.6 Å². The van der Waals surface area contributed by atoms with Gasteiger partial charge in [-0.1, -0.05) is 45.6 Å². The van der Waals surface area contributed by atoms with Gasteiger partial charge in [-0.05, 0) is 49.5 Å². The zero-order chi connectivity index (χ0) is 12.4. The second-order valence-electron chi connectivity index (χ2n) is 6.63. The number of hydrogen-bond donors (Lipinski definition) is 1. The molecular weight excluding hydrogens is 208 g/mol. The van der Waals surface area contributed by atoms with Gasteiger partial charge in [-0.15, -0.1) is 0 Å². The van der Waals surface area contributed by atoms with Crippen LogP contribution in [-0.4, -0.2) is 10.7 Å². The van der Waals surface area contributed by atoms with Crippen LogP contribution in [-0.2, 0) is 0 Å². The van der Waals surface area contributed by atoms with E-state index in [4.69, 9.17) is 0 Å². The van der Waals surface area contributed by atoms with E-state index in [1.54, 1.807) is 0 Å². The summed E-state index contributed by atoms with van der Waals surface area (Å²) in [5, 5.41) is 11.2. The highest BCUT2D eigenvalue weighted by Crippen LogP contribution is 2.49. The fourth-order valence-electron chi connectivity index (χ4n) is 3.66. The van der Waals surface area contributed by atoms with E-state index in [-0.39, 0.29) is 5.41 Å². The van der Waals surface area contributed by atoms with Crippen LogP contribution in [0.4, 0.5) is 0 Å². The summed E-state index contributed by atoms with van der Waals surface area (Å²) in [6, 6.07) is 0. The average molecular weight is 236 g/mol. The molecule has 1 unspecified atom stereocenters. The maximum Gasteiger partial charge on any atom is 0.0907 e. The van der Waals surface area contributed by atoms with Crippen LogP contribution < -0.4 is 0 Å². The quantitative estimate of drug-likeness (QED) is 0.660. The number of rotatable bonds is 1. The third-order valence-corrected chi connectivity index (χ3v) is 5.03. The summed E-state index contributed by atoms with van der Waals surface area (Å²) in [6.45, 7) is 4.51. The minimum absolute atomic E-state index is 0.0658. The van der Waals surface area contributed by atoms with E-state index >= 15 is 0 Å². The van der Waals surface area contributed by atoms with Gasteiger partial charge < -0.3 is 5.11 Å². The normalized spacial score (nSPS) is 34.6. The Balaban J connectivity index is 2.22. The zero-order valence-corrected chi connectivity index (χ0v) is 11.6. The topological polar surface area (TPSA) is 20.2 Å². The van der Waals surface area contributed by atoms with E-state index < -0.39 is 5.60 Å². The molecule has 1 saturated carbocycles. The molecule has 0 amide bonds. The first kappa shape index (κ1) is 13.1. The first-order chi connectivity index (χ1) is 8.06. The fourth-order valence-corrected chi connectivity index (χ4v) is 3.66. The van der Waals surface area contributed by atoms with Gasteiger partial charge in [0.05, 0.1) is 5.60 Å². The van der Waals surface area contributed by atoms with Crippen molar-refractivity contribution in [2.24, 2.45) is 5.41 Å². The molecule has 2 rings (SSSR count). The molecule has 0 spiro atoms. The maximum atomic E-state index is 11.2. The predicted molar refractivity (Wildman–Crippen MR) is 73.0 cm³/mol. The standard InChI is InChI=1S/C16H28O/c1-15(2)12-8-9-13-16(15,17)14-10-6-4-3-5-7-11-14/h10,17H,3-9,11-13H2,1-2H3. The summed E-state index contributed by atoms with van der Waals surface area (Å²) in [5.41, 5.74) is 0.917. The first-order valence-electron chi connectivity index (χ1n) is 7.48.